The first-order valence-electron chi connectivity index (χ1n) is 5.34. The molecule has 4 heteroatoms. The third-order valence-electron chi connectivity index (χ3n) is 2.56. The zero-order valence-corrected chi connectivity index (χ0v) is 9.79. The van der Waals surface area contributed by atoms with Crippen molar-refractivity contribution in [1.29, 1.82) is 0 Å². The molecule has 1 aromatic heterocycles. The molecule has 0 aliphatic heterocycles. The average molecular weight is 241 g/mol. The standard InChI is InChI=1S/C14H11NO3/c1-18-14(17)12-6-11(7-15-8-12)13-5-3-2-4-10(13)9-16/h2-9H,1H3. The Labute approximate surface area is 104 Å². The summed E-state index contributed by atoms with van der Waals surface area (Å²) in [4.78, 5) is 26.4. The van der Waals surface area contributed by atoms with Crippen LogP contribution in [0.2, 0.25) is 0 Å². The van der Waals surface area contributed by atoms with E-state index in [1.165, 1.54) is 13.3 Å². The molecule has 0 spiro atoms. The van der Waals surface area contributed by atoms with Crippen LogP contribution in [0.1, 0.15) is 20.7 Å². The molecule has 0 saturated heterocycles. The van der Waals surface area contributed by atoms with Gasteiger partial charge >= 0.3 is 5.97 Å². The Morgan fingerprint density at radius 2 is 2.06 bits per heavy atom. The van der Waals surface area contributed by atoms with E-state index in [0.29, 0.717) is 16.7 Å². The second-order valence-electron chi connectivity index (χ2n) is 3.66. The smallest absolute Gasteiger partial charge is 0.339 e. The van der Waals surface area contributed by atoms with Gasteiger partial charge in [-0.2, -0.15) is 0 Å². The molecule has 0 radical (unpaired) electrons. The van der Waals surface area contributed by atoms with Gasteiger partial charge in [0.15, 0.2) is 6.29 Å². The minimum atomic E-state index is -0.451. The first-order chi connectivity index (χ1) is 8.76. The third-order valence-corrected chi connectivity index (χ3v) is 2.56. The Kier molecular flexibility index (Phi) is 3.48. The third kappa shape index (κ3) is 2.27. The van der Waals surface area contributed by atoms with Gasteiger partial charge in [0.05, 0.1) is 12.7 Å². The molecule has 2 aromatic rings. The van der Waals surface area contributed by atoms with Gasteiger partial charge in [0.2, 0.25) is 0 Å². The summed E-state index contributed by atoms with van der Waals surface area (Å²) in [5.41, 5.74) is 2.36. The number of pyridine rings is 1. The van der Waals surface area contributed by atoms with Crippen LogP contribution >= 0.6 is 0 Å². The predicted molar refractivity (Wildman–Crippen MR) is 66.4 cm³/mol. The van der Waals surface area contributed by atoms with Crippen molar-refractivity contribution in [2.45, 2.75) is 0 Å². The summed E-state index contributed by atoms with van der Waals surface area (Å²) in [6.45, 7) is 0. The normalized spacial score (nSPS) is 9.83. The Morgan fingerprint density at radius 3 is 2.78 bits per heavy atom. The Bertz CT molecular complexity index is 593. The molecule has 1 heterocycles. The second-order valence-corrected chi connectivity index (χ2v) is 3.66. The quantitative estimate of drug-likeness (QED) is 0.611. The summed E-state index contributed by atoms with van der Waals surface area (Å²) < 4.78 is 4.64. The minimum absolute atomic E-state index is 0.357. The number of esters is 1. The average Bonchev–Trinajstić information content (AvgIpc) is 2.46. The van der Waals surface area contributed by atoms with E-state index in [-0.39, 0.29) is 0 Å². The van der Waals surface area contributed by atoms with Crippen molar-refractivity contribution in [3.63, 3.8) is 0 Å². The van der Waals surface area contributed by atoms with E-state index >= 15 is 0 Å². The largest absolute Gasteiger partial charge is 0.465 e. The van der Waals surface area contributed by atoms with Gasteiger partial charge in [0.1, 0.15) is 0 Å². The molecular formula is C14H11NO3. The summed E-state index contributed by atoms with van der Waals surface area (Å²) in [7, 11) is 1.31. The fourth-order valence-electron chi connectivity index (χ4n) is 1.68. The number of carbonyl (C=O) groups is 2. The van der Waals surface area contributed by atoms with Crippen LogP contribution in [0, 0.1) is 0 Å². The summed E-state index contributed by atoms with van der Waals surface area (Å²) in [5.74, 6) is -0.451. The highest BCUT2D eigenvalue weighted by Gasteiger charge is 2.09. The van der Waals surface area contributed by atoms with Crippen molar-refractivity contribution in [2.24, 2.45) is 0 Å². The monoisotopic (exact) mass is 241 g/mol. The number of hydrogen-bond acceptors (Lipinski definition) is 4. The first kappa shape index (κ1) is 12.0. The Hall–Kier alpha value is -2.49. The van der Waals surface area contributed by atoms with Gasteiger partial charge in [-0.1, -0.05) is 24.3 Å². The van der Waals surface area contributed by atoms with Gasteiger partial charge in [-0.25, -0.2) is 4.79 Å². The van der Waals surface area contributed by atoms with Gasteiger partial charge in [0, 0.05) is 23.5 Å². The van der Waals surface area contributed by atoms with Crippen LogP contribution < -0.4 is 0 Å². The summed E-state index contributed by atoms with van der Waals surface area (Å²) in [5, 5.41) is 0. The summed E-state index contributed by atoms with van der Waals surface area (Å²) in [6, 6.07) is 8.79. The van der Waals surface area contributed by atoms with Crippen molar-refractivity contribution in [1.82, 2.24) is 4.98 Å². The zero-order valence-electron chi connectivity index (χ0n) is 9.79. The van der Waals surface area contributed by atoms with Crippen molar-refractivity contribution < 1.29 is 14.3 Å². The first-order valence-corrected chi connectivity index (χ1v) is 5.34. The lowest BCUT2D eigenvalue weighted by molar-refractivity contribution is 0.0600. The van der Waals surface area contributed by atoms with Crippen LogP contribution in [0.15, 0.2) is 42.7 Å². The van der Waals surface area contributed by atoms with E-state index in [1.54, 1.807) is 24.4 Å². The molecule has 4 nitrogen and oxygen atoms in total. The van der Waals surface area contributed by atoms with Crippen molar-refractivity contribution in [3.8, 4) is 11.1 Å². The van der Waals surface area contributed by atoms with E-state index < -0.39 is 5.97 Å². The number of hydrogen-bond donors (Lipinski definition) is 0. The van der Waals surface area contributed by atoms with Crippen molar-refractivity contribution in [2.75, 3.05) is 7.11 Å². The van der Waals surface area contributed by atoms with Crippen molar-refractivity contribution in [3.05, 3.63) is 53.9 Å². The van der Waals surface area contributed by atoms with Crippen LogP contribution in [0.25, 0.3) is 11.1 Å². The van der Waals surface area contributed by atoms with Crippen LogP contribution in [0.3, 0.4) is 0 Å². The number of aromatic nitrogens is 1. The SMILES string of the molecule is COC(=O)c1cncc(-c2ccccc2C=O)c1. The number of aldehydes is 1. The molecular weight excluding hydrogens is 230 g/mol. The van der Waals surface area contributed by atoms with Gasteiger partial charge in [-0.05, 0) is 11.6 Å². The molecule has 18 heavy (non-hydrogen) atoms. The fourth-order valence-corrected chi connectivity index (χ4v) is 1.68. The Morgan fingerprint density at radius 1 is 1.28 bits per heavy atom. The van der Waals surface area contributed by atoms with Gasteiger partial charge in [0.25, 0.3) is 0 Å². The topological polar surface area (TPSA) is 56.3 Å². The number of benzene rings is 1. The minimum Gasteiger partial charge on any atom is -0.465 e. The van der Waals surface area contributed by atoms with Crippen LogP contribution in [0.5, 0.6) is 0 Å². The molecule has 0 atom stereocenters. The number of rotatable bonds is 3. The predicted octanol–water partition coefficient (Wildman–Crippen LogP) is 2.35. The number of methoxy groups -OCH3 is 1. The summed E-state index contributed by atoms with van der Waals surface area (Å²) >= 11 is 0. The van der Waals surface area contributed by atoms with E-state index in [0.717, 1.165) is 11.8 Å². The summed E-state index contributed by atoms with van der Waals surface area (Å²) in [6.07, 6.45) is 3.81. The van der Waals surface area contributed by atoms with Gasteiger partial charge in [-0.3, -0.25) is 9.78 Å². The molecule has 1 aromatic carbocycles. The highest BCUT2D eigenvalue weighted by molar-refractivity contribution is 5.92. The second kappa shape index (κ2) is 5.23. The lowest BCUT2D eigenvalue weighted by Crippen LogP contribution is -2.02. The number of ether oxygens (including phenoxy) is 1. The molecule has 0 aliphatic carbocycles. The molecule has 90 valence electrons. The molecule has 0 N–H and O–H groups in total. The fraction of sp³-hybridized carbons (Fsp3) is 0.0714. The van der Waals surface area contributed by atoms with Crippen LogP contribution in [-0.4, -0.2) is 24.3 Å². The number of carbonyl (C=O) groups excluding carboxylic acids is 2. The van der Waals surface area contributed by atoms with Crippen LogP contribution in [0.4, 0.5) is 0 Å². The van der Waals surface area contributed by atoms with Crippen molar-refractivity contribution >= 4 is 12.3 Å². The highest BCUT2D eigenvalue weighted by Crippen LogP contribution is 2.22. The maximum Gasteiger partial charge on any atom is 0.339 e. The number of nitrogens with zero attached hydrogens (tertiary/aromatic N) is 1. The van der Waals surface area contributed by atoms with E-state index in [9.17, 15) is 9.59 Å². The molecule has 0 amide bonds. The molecule has 0 saturated carbocycles. The highest BCUT2D eigenvalue weighted by atomic mass is 16.5. The lowest BCUT2D eigenvalue weighted by Gasteiger charge is -2.05. The maximum absolute atomic E-state index is 11.4. The van der Waals surface area contributed by atoms with E-state index in [1.807, 2.05) is 12.1 Å². The Balaban J connectivity index is 2.51. The zero-order chi connectivity index (χ0) is 13.0. The van der Waals surface area contributed by atoms with E-state index in [2.05, 4.69) is 9.72 Å². The van der Waals surface area contributed by atoms with E-state index in [4.69, 9.17) is 0 Å². The van der Waals surface area contributed by atoms with Gasteiger partial charge in [-0.15, -0.1) is 0 Å². The molecule has 0 unspecified atom stereocenters. The van der Waals surface area contributed by atoms with Crippen LogP contribution in [-0.2, 0) is 4.74 Å². The maximum atomic E-state index is 11.4. The molecule has 0 aliphatic rings. The molecule has 0 fully saturated rings. The molecule has 2 rings (SSSR count). The molecule has 0 bridgehead atoms. The lowest BCUT2D eigenvalue weighted by atomic mass is 10.0. The van der Waals surface area contributed by atoms with Gasteiger partial charge < -0.3 is 4.74 Å².